The van der Waals surface area contributed by atoms with Crippen LogP contribution < -0.4 is 0 Å². The highest BCUT2D eigenvalue weighted by Gasteiger charge is 2.53. The highest BCUT2D eigenvalue weighted by molar-refractivity contribution is 5.76. The predicted octanol–water partition coefficient (Wildman–Crippen LogP) is 6.66. The zero-order valence-corrected chi connectivity index (χ0v) is 22.8. The van der Waals surface area contributed by atoms with Crippen LogP contribution in [-0.4, -0.2) is 46.6 Å². The molecule has 3 aromatic rings. The molecular formula is C32H41N3O2. The van der Waals surface area contributed by atoms with Crippen LogP contribution in [0.2, 0.25) is 0 Å². The van der Waals surface area contributed by atoms with E-state index in [1.165, 1.54) is 23.1 Å². The number of hydrogen-bond donors (Lipinski definition) is 1. The van der Waals surface area contributed by atoms with E-state index in [9.17, 15) is 4.79 Å². The number of carbonyl (C=O) groups excluding carboxylic acids is 1. The molecule has 2 aromatic carbocycles. The molecule has 3 aliphatic carbocycles. The summed E-state index contributed by atoms with van der Waals surface area (Å²) in [5, 5.41) is 0. The van der Waals surface area contributed by atoms with E-state index < -0.39 is 5.60 Å². The third-order valence-corrected chi connectivity index (χ3v) is 8.59. The first-order valence-corrected chi connectivity index (χ1v) is 14.0. The van der Waals surface area contributed by atoms with E-state index in [2.05, 4.69) is 66.3 Å². The fraction of sp³-hybridized carbons (Fsp3) is 0.500. The zero-order chi connectivity index (χ0) is 26.0. The number of esters is 1. The minimum Gasteiger partial charge on any atom is -0.458 e. The number of ether oxygens (including phenoxy) is 1. The molecule has 0 saturated heterocycles. The molecule has 1 aromatic heterocycles. The van der Waals surface area contributed by atoms with Crippen molar-refractivity contribution in [1.29, 1.82) is 0 Å². The van der Waals surface area contributed by atoms with Gasteiger partial charge in [-0.2, -0.15) is 0 Å². The Balaban J connectivity index is 1.28. The van der Waals surface area contributed by atoms with Crippen LogP contribution >= 0.6 is 0 Å². The molecule has 0 radical (unpaired) electrons. The molecule has 2 bridgehead atoms. The summed E-state index contributed by atoms with van der Waals surface area (Å²) in [5.74, 6) is 1.61. The van der Waals surface area contributed by atoms with Crippen molar-refractivity contribution >= 4 is 22.6 Å². The van der Waals surface area contributed by atoms with Crippen LogP contribution in [0.5, 0.6) is 0 Å². The number of H-pyrrole nitrogens is 1. The molecule has 1 saturated carbocycles. The van der Waals surface area contributed by atoms with Gasteiger partial charge in [-0.15, -0.1) is 0 Å². The number of imidazole rings is 1. The molecule has 3 aliphatic rings. The number of fused-ring (bicyclic) bond motifs is 3. The molecule has 6 rings (SSSR count). The van der Waals surface area contributed by atoms with Gasteiger partial charge in [-0.1, -0.05) is 61.9 Å². The topological polar surface area (TPSA) is 58.2 Å². The largest absolute Gasteiger partial charge is 0.458 e. The molecule has 196 valence electrons. The Hall–Kier alpha value is -2.92. The second-order valence-electron chi connectivity index (χ2n) is 11.5. The van der Waals surface area contributed by atoms with Gasteiger partial charge in [0.1, 0.15) is 11.4 Å². The molecule has 1 N–H and O–H groups in total. The molecule has 0 aliphatic heterocycles. The van der Waals surface area contributed by atoms with Crippen molar-refractivity contribution in [1.82, 2.24) is 14.9 Å². The Morgan fingerprint density at radius 1 is 1.11 bits per heavy atom. The lowest BCUT2D eigenvalue weighted by molar-refractivity contribution is -0.176. The minimum absolute atomic E-state index is 0.0647. The number of carbonyl (C=O) groups is 1. The average molecular weight is 500 g/mol. The maximum Gasteiger partial charge on any atom is 0.308 e. The average Bonchev–Trinajstić information content (AvgIpc) is 3.32. The number of para-hydroxylation sites is 2. The first kappa shape index (κ1) is 25.7. The molecule has 37 heavy (non-hydrogen) atoms. The number of aryl methyl sites for hydroxylation is 1. The summed E-state index contributed by atoms with van der Waals surface area (Å²) in [4.78, 5) is 23.6. The smallest absolute Gasteiger partial charge is 0.308 e. The highest BCUT2D eigenvalue weighted by Crippen LogP contribution is 2.56. The van der Waals surface area contributed by atoms with E-state index in [1.807, 2.05) is 26.0 Å². The van der Waals surface area contributed by atoms with Crippen molar-refractivity contribution < 1.29 is 9.53 Å². The Labute approximate surface area is 221 Å². The van der Waals surface area contributed by atoms with Gasteiger partial charge in [0.2, 0.25) is 0 Å². The van der Waals surface area contributed by atoms with Crippen LogP contribution in [0.25, 0.3) is 16.6 Å². The SMILES string of the molecule is CC1=C(c2ccccc2)[C@@H]2CC[C@H]1C[C@]2(CCN(C)CCCc1nc2ccccc2[nH]1)OC(=O)C(C)C. The van der Waals surface area contributed by atoms with Crippen LogP contribution in [-0.2, 0) is 16.0 Å². The van der Waals surface area contributed by atoms with Gasteiger partial charge in [0, 0.05) is 25.3 Å². The van der Waals surface area contributed by atoms with Crippen LogP contribution in [0.1, 0.15) is 64.3 Å². The molecule has 0 unspecified atom stereocenters. The maximum absolute atomic E-state index is 13.0. The lowest BCUT2D eigenvalue weighted by atomic mass is 9.57. The number of benzene rings is 2. The third kappa shape index (κ3) is 5.38. The molecule has 5 heteroatoms. The molecule has 3 atom stereocenters. The normalized spacial score (nSPS) is 23.4. The number of aromatic amines is 1. The van der Waals surface area contributed by atoms with Gasteiger partial charge < -0.3 is 14.6 Å². The first-order valence-electron chi connectivity index (χ1n) is 14.0. The van der Waals surface area contributed by atoms with Crippen molar-refractivity contribution in [2.45, 2.75) is 64.9 Å². The summed E-state index contributed by atoms with van der Waals surface area (Å²) >= 11 is 0. The van der Waals surface area contributed by atoms with Crippen LogP contribution in [0.15, 0.2) is 60.2 Å². The van der Waals surface area contributed by atoms with Crippen molar-refractivity contribution in [2.24, 2.45) is 17.8 Å². The molecule has 5 nitrogen and oxygen atoms in total. The van der Waals surface area contributed by atoms with Gasteiger partial charge in [-0.05, 0) is 75.4 Å². The van der Waals surface area contributed by atoms with E-state index in [0.717, 1.165) is 62.1 Å². The van der Waals surface area contributed by atoms with Gasteiger partial charge in [-0.3, -0.25) is 4.79 Å². The van der Waals surface area contributed by atoms with Crippen LogP contribution in [0.4, 0.5) is 0 Å². The van der Waals surface area contributed by atoms with E-state index in [0.29, 0.717) is 5.92 Å². The Morgan fingerprint density at radius 2 is 1.86 bits per heavy atom. The molecular weight excluding hydrogens is 458 g/mol. The second-order valence-corrected chi connectivity index (χ2v) is 11.5. The number of hydrogen-bond acceptors (Lipinski definition) is 4. The van der Waals surface area contributed by atoms with E-state index in [-0.39, 0.29) is 17.8 Å². The number of nitrogens with one attached hydrogen (secondary N) is 1. The zero-order valence-electron chi connectivity index (χ0n) is 22.8. The molecule has 1 heterocycles. The summed E-state index contributed by atoms with van der Waals surface area (Å²) in [6.07, 6.45) is 6.07. The summed E-state index contributed by atoms with van der Waals surface area (Å²) in [6.45, 7) is 8.09. The summed E-state index contributed by atoms with van der Waals surface area (Å²) in [7, 11) is 2.19. The highest BCUT2D eigenvalue weighted by atomic mass is 16.6. The molecule has 1 fully saturated rings. The fourth-order valence-electron chi connectivity index (χ4n) is 6.50. The maximum atomic E-state index is 13.0. The number of allylic oxidation sites excluding steroid dienone is 1. The number of nitrogens with zero attached hydrogens (tertiary/aromatic N) is 2. The van der Waals surface area contributed by atoms with E-state index in [1.54, 1.807) is 0 Å². The summed E-state index contributed by atoms with van der Waals surface area (Å²) < 4.78 is 6.52. The standard InChI is InChI=1S/C32H41N3O2/c1-22(2)31(36)37-32(21-25-16-17-26(32)30(23(25)3)24-11-6-5-7-12-24)18-20-35(4)19-10-15-29-33-27-13-8-9-14-28(27)34-29/h5-9,11-14,22,25-26H,10,15-21H2,1-4H3,(H,33,34)/t25-,26-,32-/m0/s1. The lowest BCUT2D eigenvalue weighted by Gasteiger charge is -2.53. The van der Waals surface area contributed by atoms with Crippen LogP contribution in [0.3, 0.4) is 0 Å². The van der Waals surface area contributed by atoms with E-state index >= 15 is 0 Å². The third-order valence-electron chi connectivity index (χ3n) is 8.59. The summed E-state index contributed by atoms with van der Waals surface area (Å²) in [6, 6.07) is 19.0. The monoisotopic (exact) mass is 499 g/mol. The van der Waals surface area contributed by atoms with Gasteiger partial charge in [-0.25, -0.2) is 4.98 Å². The van der Waals surface area contributed by atoms with Crippen molar-refractivity contribution in [3.05, 3.63) is 71.6 Å². The van der Waals surface area contributed by atoms with Gasteiger partial charge in [0.15, 0.2) is 0 Å². The van der Waals surface area contributed by atoms with Crippen molar-refractivity contribution in [3.63, 3.8) is 0 Å². The van der Waals surface area contributed by atoms with Crippen LogP contribution in [0, 0.1) is 17.8 Å². The molecule has 0 amide bonds. The number of rotatable bonds is 10. The Bertz CT molecular complexity index is 1230. The lowest BCUT2D eigenvalue weighted by Crippen LogP contribution is -2.53. The quantitative estimate of drug-likeness (QED) is 0.317. The number of aromatic nitrogens is 2. The minimum atomic E-state index is -0.429. The summed E-state index contributed by atoms with van der Waals surface area (Å²) in [5.41, 5.74) is 5.92. The first-order chi connectivity index (χ1) is 17.9. The molecule has 0 spiro atoms. The van der Waals surface area contributed by atoms with Gasteiger partial charge in [0.25, 0.3) is 0 Å². The van der Waals surface area contributed by atoms with Crippen molar-refractivity contribution in [3.8, 4) is 0 Å². The van der Waals surface area contributed by atoms with E-state index in [4.69, 9.17) is 9.72 Å². The Morgan fingerprint density at radius 3 is 2.62 bits per heavy atom. The Kier molecular flexibility index (Phi) is 7.52. The van der Waals surface area contributed by atoms with Crippen molar-refractivity contribution in [2.75, 3.05) is 20.1 Å². The predicted molar refractivity (Wildman–Crippen MR) is 150 cm³/mol. The fourth-order valence-corrected chi connectivity index (χ4v) is 6.50. The van der Waals surface area contributed by atoms with Gasteiger partial charge >= 0.3 is 5.97 Å². The second kappa shape index (κ2) is 10.8. The van der Waals surface area contributed by atoms with Gasteiger partial charge in [0.05, 0.1) is 17.0 Å².